The summed E-state index contributed by atoms with van der Waals surface area (Å²) in [6, 6.07) is 5.66. The van der Waals surface area contributed by atoms with Gasteiger partial charge in [-0.25, -0.2) is 0 Å². The Morgan fingerprint density at radius 3 is 2.71 bits per heavy atom. The molecule has 0 bridgehead atoms. The van der Waals surface area contributed by atoms with Crippen LogP contribution in [0.5, 0.6) is 0 Å². The Morgan fingerprint density at radius 1 is 1.29 bits per heavy atom. The predicted molar refractivity (Wildman–Crippen MR) is 75.7 cm³/mol. The van der Waals surface area contributed by atoms with Crippen LogP contribution in [0.4, 0.5) is 0 Å². The third-order valence-corrected chi connectivity index (χ3v) is 3.86. The summed E-state index contributed by atoms with van der Waals surface area (Å²) in [5.74, 6) is 0. The molecule has 0 atom stereocenters. The number of benzene rings is 1. The van der Waals surface area contributed by atoms with Gasteiger partial charge in [-0.1, -0.05) is 54.8 Å². The molecule has 0 saturated carbocycles. The molecule has 1 aromatic rings. The van der Waals surface area contributed by atoms with Gasteiger partial charge in [-0.2, -0.15) is 0 Å². The summed E-state index contributed by atoms with van der Waals surface area (Å²) < 4.78 is 0. The van der Waals surface area contributed by atoms with Gasteiger partial charge in [-0.15, -0.1) is 0 Å². The summed E-state index contributed by atoms with van der Waals surface area (Å²) in [5.41, 5.74) is 2.70. The molecule has 1 heterocycles. The highest BCUT2D eigenvalue weighted by molar-refractivity contribution is 6.35. The Labute approximate surface area is 113 Å². The molecule has 17 heavy (non-hydrogen) atoms. The summed E-state index contributed by atoms with van der Waals surface area (Å²) in [5, 5.41) is 4.82. The Hall–Kier alpha value is -0.500. The fraction of sp³-hybridized carbons (Fsp3) is 0.429. The third kappa shape index (κ3) is 3.04. The van der Waals surface area contributed by atoms with Crippen LogP contribution in [-0.2, 0) is 0 Å². The molecular weight excluding hydrogens is 253 g/mol. The fourth-order valence-electron chi connectivity index (χ4n) is 2.15. The molecule has 1 aromatic carbocycles. The van der Waals surface area contributed by atoms with Crippen molar-refractivity contribution in [3.63, 3.8) is 0 Å². The van der Waals surface area contributed by atoms with E-state index in [4.69, 9.17) is 23.2 Å². The lowest BCUT2D eigenvalue weighted by molar-refractivity contribution is 0.360. The number of hydrogen-bond acceptors (Lipinski definition) is 1. The molecule has 1 nitrogen and oxygen atoms in total. The van der Waals surface area contributed by atoms with Gasteiger partial charge >= 0.3 is 0 Å². The van der Waals surface area contributed by atoms with E-state index in [1.54, 1.807) is 6.07 Å². The minimum absolute atomic E-state index is 0.196. The van der Waals surface area contributed by atoms with Crippen LogP contribution in [-0.4, -0.2) is 13.1 Å². The van der Waals surface area contributed by atoms with Gasteiger partial charge in [0.25, 0.3) is 0 Å². The van der Waals surface area contributed by atoms with Crippen LogP contribution in [0.25, 0.3) is 6.08 Å². The molecule has 1 aliphatic rings. The van der Waals surface area contributed by atoms with E-state index < -0.39 is 0 Å². The molecule has 92 valence electrons. The van der Waals surface area contributed by atoms with Gasteiger partial charge in [-0.3, -0.25) is 0 Å². The first-order valence-electron chi connectivity index (χ1n) is 5.86. The molecular formula is C14H17Cl2N. The summed E-state index contributed by atoms with van der Waals surface area (Å²) >= 11 is 12.1. The van der Waals surface area contributed by atoms with E-state index in [1.807, 2.05) is 12.1 Å². The summed E-state index contributed by atoms with van der Waals surface area (Å²) in [7, 11) is 0. The van der Waals surface area contributed by atoms with Crippen LogP contribution < -0.4 is 5.32 Å². The van der Waals surface area contributed by atoms with Gasteiger partial charge in [0.2, 0.25) is 0 Å². The van der Waals surface area contributed by atoms with Gasteiger partial charge in [0, 0.05) is 16.6 Å². The van der Waals surface area contributed by atoms with Crippen molar-refractivity contribution in [1.29, 1.82) is 0 Å². The maximum absolute atomic E-state index is 6.20. The normalized spacial score (nSPS) is 21.8. The highest BCUT2D eigenvalue weighted by Gasteiger charge is 2.26. The van der Waals surface area contributed by atoms with E-state index in [-0.39, 0.29) is 5.41 Å². The van der Waals surface area contributed by atoms with Gasteiger partial charge in [0.15, 0.2) is 0 Å². The van der Waals surface area contributed by atoms with Crippen LogP contribution in [0.3, 0.4) is 0 Å². The van der Waals surface area contributed by atoms with Gasteiger partial charge < -0.3 is 5.32 Å². The average Bonchev–Trinajstić information content (AvgIpc) is 2.24. The predicted octanol–water partition coefficient (Wildman–Crippen LogP) is 4.40. The van der Waals surface area contributed by atoms with Crippen LogP contribution >= 0.6 is 23.2 Å². The van der Waals surface area contributed by atoms with E-state index in [0.717, 1.165) is 30.1 Å². The lowest BCUT2D eigenvalue weighted by Crippen LogP contribution is -2.37. The second-order valence-electron chi connectivity index (χ2n) is 5.15. The first-order chi connectivity index (χ1) is 7.99. The van der Waals surface area contributed by atoms with Gasteiger partial charge in [0.05, 0.1) is 0 Å². The van der Waals surface area contributed by atoms with Crippen molar-refractivity contribution in [3.8, 4) is 0 Å². The van der Waals surface area contributed by atoms with Crippen LogP contribution in [0.1, 0.15) is 25.8 Å². The van der Waals surface area contributed by atoms with E-state index in [2.05, 4.69) is 25.2 Å². The number of halogens is 2. The molecule has 1 aliphatic heterocycles. The average molecular weight is 270 g/mol. The second-order valence-corrected chi connectivity index (χ2v) is 5.99. The molecule has 0 spiro atoms. The highest BCUT2D eigenvalue weighted by Crippen LogP contribution is 2.34. The number of hydrogen-bond donors (Lipinski definition) is 1. The lowest BCUT2D eigenvalue weighted by atomic mass is 9.79. The Balaban J connectivity index is 2.34. The maximum Gasteiger partial charge on any atom is 0.0493 e. The number of nitrogens with one attached hydrogen (secondary N) is 1. The van der Waals surface area contributed by atoms with Crippen molar-refractivity contribution in [2.24, 2.45) is 5.41 Å². The minimum Gasteiger partial charge on any atom is -0.316 e. The number of piperidine rings is 1. The molecule has 1 fully saturated rings. The Bertz CT molecular complexity index is 450. The van der Waals surface area contributed by atoms with E-state index in [9.17, 15) is 0 Å². The monoisotopic (exact) mass is 269 g/mol. The van der Waals surface area contributed by atoms with Crippen molar-refractivity contribution in [3.05, 3.63) is 39.4 Å². The van der Waals surface area contributed by atoms with E-state index >= 15 is 0 Å². The topological polar surface area (TPSA) is 12.0 Å². The van der Waals surface area contributed by atoms with Crippen molar-refractivity contribution < 1.29 is 0 Å². The maximum atomic E-state index is 6.20. The van der Waals surface area contributed by atoms with Crippen LogP contribution in [0.15, 0.2) is 23.8 Å². The molecule has 2 rings (SSSR count). The lowest BCUT2D eigenvalue weighted by Gasteiger charge is -2.33. The minimum atomic E-state index is 0.196. The van der Waals surface area contributed by atoms with Crippen molar-refractivity contribution in [2.45, 2.75) is 20.3 Å². The van der Waals surface area contributed by atoms with Gasteiger partial charge in [0.1, 0.15) is 0 Å². The van der Waals surface area contributed by atoms with E-state index in [1.165, 1.54) is 5.57 Å². The first-order valence-corrected chi connectivity index (χ1v) is 6.61. The molecule has 0 aromatic heterocycles. The summed E-state index contributed by atoms with van der Waals surface area (Å²) in [4.78, 5) is 0. The van der Waals surface area contributed by atoms with Crippen molar-refractivity contribution >= 4 is 29.3 Å². The highest BCUT2D eigenvalue weighted by atomic mass is 35.5. The Kier molecular flexibility index (Phi) is 3.82. The fourth-order valence-corrected chi connectivity index (χ4v) is 2.61. The standard InChI is InChI=1S/C14H17Cl2N/c1-14(2)9-17-6-5-11(14)7-10-3-4-12(15)8-13(10)16/h3-4,7-8,17H,5-6,9H2,1-2H3/b11-7+. The summed E-state index contributed by atoms with van der Waals surface area (Å²) in [6.45, 7) is 6.58. The molecule has 0 amide bonds. The molecule has 1 N–H and O–H groups in total. The molecule has 0 unspecified atom stereocenters. The van der Waals surface area contributed by atoms with Crippen molar-refractivity contribution in [2.75, 3.05) is 13.1 Å². The molecule has 0 aliphatic carbocycles. The quantitative estimate of drug-likeness (QED) is 0.797. The smallest absolute Gasteiger partial charge is 0.0493 e. The van der Waals surface area contributed by atoms with Crippen LogP contribution in [0.2, 0.25) is 10.0 Å². The molecule has 0 radical (unpaired) electrons. The van der Waals surface area contributed by atoms with Crippen LogP contribution in [0, 0.1) is 5.41 Å². The van der Waals surface area contributed by atoms with Crippen molar-refractivity contribution in [1.82, 2.24) is 5.32 Å². The zero-order chi connectivity index (χ0) is 12.5. The molecule has 3 heteroatoms. The zero-order valence-electron chi connectivity index (χ0n) is 10.2. The SMILES string of the molecule is CC1(C)CNCC/C1=C\c1ccc(Cl)cc1Cl. The molecule has 1 saturated heterocycles. The second kappa shape index (κ2) is 5.01. The third-order valence-electron chi connectivity index (χ3n) is 3.30. The first kappa shape index (κ1) is 12.9. The summed E-state index contributed by atoms with van der Waals surface area (Å²) in [6.07, 6.45) is 3.28. The number of rotatable bonds is 1. The Morgan fingerprint density at radius 2 is 2.06 bits per heavy atom. The largest absolute Gasteiger partial charge is 0.316 e. The van der Waals surface area contributed by atoms with E-state index in [0.29, 0.717) is 5.02 Å². The zero-order valence-corrected chi connectivity index (χ0v) is 11.7. The van der Waals surface area contributed by atoms with Gasteiger partial charge in [-0.05, 0) is 36.1 Å².